The Labute approximate surface area is 151 Å². The number of carbonyl (C=O) groups is 1. The molecule has 2 aromatic carbocycles. The fraction of sp³-hybridized carbons (Fsp3) is 0.105. The maximum absolute atomic E-state index is 12.5. The van der Waals surface area contributed by atoms with Gasteiger partial charge in [-0.05, 0) is 24.3 Å². The molecule has 0 saturated heterocycles. The van der Waals surface area contributed by atoms with Gasteiger partial charge in [-0.1, -0.05) is 12.1 Å². The second kappa shape index (κ2) is 5.87. The van der Waals surface area contributed by atoms with E-state index in [9.17, 15) is 9.59 Å². The first-order valence-corrected chi connectivity index (χ1v) is 8.26. The summed E-state index contributed by atoms with van der Waals surface area (Å²) in [6, 6.07) is 12.3. The Morgan fingerprint density at radius 1 is 1.11 bits per heavy atom. The molecule has 8 nitrogen and oxygen atoms in total. The average Bonchev–Trinajstić information content (AvgIpc) is 3.29. The molecule has 1 N–H and O–H groups in total. The average molecular weight is 363 g/mol. The fourth-order valence-electron chi connectivity index (χ4n) is 3.16. The predicted octanol–water partition coefficient (Wildman–Crippen LogP) is 2.51. The minimum atomic E-state index is -0.480. The van der Waals surface area contributed by atoms with Crippen molar-refractivity contribution in [2.45, 2.75) is 6.54 Å². The third kappa shape index (κ3) is 2.58. The molecule has 2 aromatic heterocycles. The molecule has 0 unspecified atom stereocenters. The number of rotatable bonds is 3. The monoisotopic (exact) mass is 363 g/mol. The van der Waals surface area contributed by atoms with Crippen LogP contribution in [0.2, 0.25) is 0 Å². The zero-order valence-corrected chi connectivity index (χ0v) is 14.0. The molecule has 0 fully saturated rings. The summed E-state index contributed by atoms with van der Waals surface area (Å²) >= 11 is 0. The van der Waals surface area contributed by atoms with Crippen LogP contribution in [0.3, 0.4) is 0 Å². The van der Waals surface area contributed by atoms with Crippen molar-refractivity contribution in [1.82, 2.24) is 9.78 Å². The SMILES string of the molecule is O=C(Cn1ncc2c(=O)oc3ccccc3c21)Nc1ccc2c(c1)OCO2. The fourth-order valence-corrected chi connectivity index (χ4v) is 3.16. The van der Waals surface area contributed by atoms with Crippen LogP contribution in [-0.4, -0.2) is 22.5 Å². The molecule has 3 heterocycles. The Bertz CT molecular complexity index is 1260. The summed E-state index contributed by atoms with van der Waals surface area (Å²) < 4.78 is 17.4. The molecule has 0 saturated carbocycles. The van der Waals surface area contributed by atoms with Crippen molar-refractivity contribution in [2.24, 2.45) is 0 Å². The predicted molar refractivity (Wildman–Crippen MR) is 97.0 cm³/mol. The van der Waals surface area contributed by atoms with Crippen LogP contribution >= 0.6 is 0 Å². The molecular weight excluding hydrogens is 350 g/mol. The molecule has 1 amide bonds. The van der Waals surface area contributed by atoms with Crippen molar-refractivity contribution in [3.05, 3.63) is 59.1 Å². The number of para-hydroxylation sites is 1. The van der Waals surface area contributed by atoms with Gasteiger partial charge in [-0.3, -0.25) is 9.48 Å². The smallest absolute Gasteiger partial charge is 0.347 e. The highest BCUT2D eigenvalue weighted by Gasteiger charge is 2.17. The minimum Gasteiger partial charge on any atom is -0.454 e. The highest BCUT2D eigenvalue weighted by molar-refractivity contribution is 6.02. The van der Waals surface area contributed by atoms with Crippen molar-refractivity contribution in [3.63, 3.8) is 0 Å². The number of nitrogens with one attached hydrogen (secondary N) is 1. The summed E-state index contributed by atoms with van der Waals surface area (Å²) in [5.41, 5.74) is 1.13. The lowest BCUT2D eigenvalue weighted by atomic mass is 10.2. The highest BCUT2D eigenvalue weighted by atomic mass is 16.7. The number of ether oxygens (including phenoxy) is 2. The van der Waals surface area contributed by atoms with E-state index < -0.39 is 5.63 Å². The van der Waals surface area contributed by atoms with E-state index in [0.29, 0.717) is 33.7 Å². The number of carbonyl (C=O) groups excluding carboxylic acids is 1. The zero-order chi connectivity index (χ0) is 18.4. The Kier molecular flexibility index (Phi) is 3.36. The molecule has 0 spiro atoms. The van der Waals surface area contributed by atoms with Gasteiger partial charge < -0.3 is 19.2 Å². The topological polar surface area (TPSA) is 95.6 Å². The summed E-state index contributed by atoms with van der Waals surface area (Å²) in [6.45, 7) is 0.118. The Hall–Kier alpha value is -3.81. The lowest BCUT2D eigenvalue weighted by Gasteiger charge is -2.08. The second-order valence-corrected chi connectivity index (χ2v) is 6.07. The van der Waals surface area contributed by atoms with E-state index in [4.69, 9.17) is 13.9 Å². The van der Waals surface area contributed by atoms with Gasteiger partial charge in [-0.25, -0.2) is 4.79 Å². The van der Waals surface area contributed by atoms with Gasteiger partial charge in [0.15, 0.2) is 11.5 Å². The summed E-state index contributed by atoms with van der Waals surface area (Å²) in [5, 5.41) is 8.06. The number of fused-ring (bicyclic) bond motifs is 4. The number of hydrogen-bond acceptors (Lipinski definition) is 6. The van der Waals surface area contributed by atoms with E-state index in [1.165, 1.54) is 10.9 Å². The number of nitrogens with zero attached hydrogens (tertiary/aromatic N) is 2. The lowest BCUT2D eigenvalue weighted by Crippen LogP contribution is -2.19. The molecule has 1 aliphatic rings. The number of amides is 1. The molecule has 5 rings (SSSR count). The molecule has 0 aliphatic carbocycles. The van der Waals surface area contributed by atoms with Crippen LogP contribution in [0.15, 0.2) is 57.9 Å². The summed E-state index contributed by atoms with van der Waals surface area (Å²) in [5.74, 6) is 0.946. The summed E-state index contributed by atoms with van der Waals surface area (Å²) in [7, 11) is 0. The van der Waals surface area contributed by atoms with Crippen molar-refractivity contribution in [1.29, 1.82) is 0 Å². The lowest BCUT2D eigenvalue weighted by molar-refractivity contribution is -0.116. The molecular formula is C19H13N3O5. The maximum atomic E-state index is 12.5. The summed E-state index contributed by atoms with van der Waals surface area (Å²) in [6.07, 6.45) is 1.42. The van der Waals surface area contributed by atoms with Gasteiger partial charge in [0.2, 0.25) is 12.7 Å². The molecule has 0 atom stereocenters. The number of anilines is 1. The first-order valence-electron chi connectivity index (χ1n) is 8.26. The summed E-state index contributed by atoms with van der Waals surface area (Å²) in [4.78, 5) is 24.6. The van der Waals surface area contributed by atoms with E-state index in [0.717, 1.165) is 5.39 Å². The van der Waals surface area contributed by atoms with E-state index in [1.807, 2.05) is 12.1 Å². The van der Waals surface area contributed by atoms with Crippen LogP contribution in [0.5, 0.6) is 11.5 Å². The van der Waals surface area contributed by atoms with Crippen LogP contribution in [-0.2, 0) is 11.3 Å². The molecule has 0 radical (unpaired) electrons. The van der Waals surface area contributed by atoms with E-state index in [1.54, 1.807) is 30.3 Å². The molecule has 27 heavy (non-hydrogen) atoms. The van der Waals surface area contributed by atoms with Gasteiger partial charge in [-0.2, -0.15) is 5.10 Å². The van der Waals surface area contributed by atoms with Gasteiger partial charge in [0.1, 0.15) is 17.5 Å². The van der Waals surface area contributed by atoms with Gasteiger partial charge in [0, 0.05) is 17.1 Å². The third-order valence-electron chi connectivity index (χ3n) is 4.35. The number of aromatic nitrogens is 2. The third-order valence-corrected chi connectivity index (χ3v) is 4.35. The minimum absolute atomic E-state index is 0.0502. The van der Waals surface area contributed by atoms with Crippen LogP contribution < -0.4 is 20.4 Å². The first kappa shape index (κ1) is 15.4. The molecule has 0 bridgehead atoms. The normalized spacial score (nSPS) is 12.6. The number of hydrogen-bond donors (Lipinski definition) is 1. The molecule has 4 aromatic rings. The van der Waals surface area contributed by atoms with Crippen molar-refractivity contribution < 1.29 is 18.7 Å². The van der Waals surface area contributed by atoms with Gasteiger partial charge in [0.25, 0.3) is 0 Å². The molecule has 134 valence electrons. The van der Waals surface area contributed by atoms with Crippen molar-refractivity contribution >= 4 is 33.5 Å². The van der Waals surface area contributed by atoms with E-state index in [-0.39, 0.29) is 19.2 Å². The van der Waals surface area contributed by atoms with Crippen LogP contribution in [0.4, 0.5) is 5.69 Å². The Morgan fingerprint density at radius 3 is 2.89 bits per heavy atom. The standard InChI is InChI=1S/C19H13N3O5/c23-17(21-11-5-6-15-16(7-11)26-10-25-15)9-22-18-12-3-1-2-4-14(12)27-19(24)13(18)8-20-22/h1-8H,9-10H2,(H,21,23). The van der Waals surface area contributed by atoms with E-state index >= 15 is 0 Å². The second-order valence-electron chi connectivity index (χ2n) is 6.07. The van der Waals surface area contributed by atoms with Crippen LogP contribution in [0.1, 0.15) is 0 Å². The van der Waals surface area contributed by atoms with Gasteiger partial charge in [-0.15, -0.1) is 0 Å². The van der Waals surface area contributed by atoms with Gasteiger partial charge >= 0.3 is 5.63 Å². The van der Waals surface area contributed by atoms with Crippen molar-refractivity contribution in [2.75, 3.05) is 12.1 Å². The Balaban J connectivity index is 1.48. The van der Waals surface area contributed by atoms with Crippen LogP contribution in [0, 0.1) is 0 Å². The van der Waals surface area contributed by atoms with Gasteiger partial charge in [0.05, 0.1) is 11.7 Å². The number of benzene rings is 2. The largest absolute Gasteiger partial charge is 0.454 e. The van der Waals surface area contributed by atoms with Crippen LogP contribution in [0.25, 0.3) is 21.9 Å². The van der Waals surface area contributed by atoms with E-state index in [2.05, 4.69) is 10.4 Å². The zero-order valence-electron chi connectivity index (χ0n) is 14.0. The molecule has 1 aliphatic heterocycles. The molecule has 8 heteroatoms. The van der Waals surface area contributed by atoms with Crippen molar-refractivity contribution in [3.8, 4) is 11.5 Å². The highest BCUT2D eigenvalue weighted by Crippen LogP contribution is 2.34. The maximum Gasteiger partial charge on any atom is 0.347 e. The Morgan fingerprint density at radius 2 is 1.96 bits per heavy atom. The quantitative estimate of drug-likeness (QED) is 0.562. The first-order chi connectivity index (χ1) is 13.2.